The standard InChI is InChI=1S/C11H15NO2/c1-2-4-11(5-3-1)10-14-12-6-8-13-9-7-12/h1-5H,6-10H2. The van der Waals surface area contributed by atoms with Gasteiger partial charge in [-0.2, -0.15) is 5.06 Å². The SMILES string of the molecule is c1ccc(CON2CCOCC2)cc1. The molecule has 1 saturated heterocycles. The second-order valence-corrected chi connectivity index (χ2v) is 3.30. The molecule has 0 atom stereocenters. The van der Waals surface area contributed by atoms with Gasteiger partial charge in [-0.1, -0.05) is 30.3 Å². The topological polar surface area (TPSA) is 21.7 Å². The van der Waals surface area contributed by atoms with E-state index in [1.165, 1.54) is 5.56 Å². The van der Waals surface area contributed by atoms with Crippen molar-refractivity contribution < 1.29 is 9.57 Å². The van der Waals surface area contributed by atoms with Gasteiger partial charge in [0.25, 0.3) is 0 Å². The van der Waals surface area contributed by atoms with Crippen LogP contribution in [-0.4, -0.2) is 31.4 Å². The van der Waals surface area contributed by atoms with Crippen molar-refractivity contribution in [3.05, 3.63) is 35.9 Å². The Morgan fingerprint density at radius 2 is 1.86 bits per heavy atom. The predicted octanol–water partition coefficient (Wildman–Crippen LogP) is 1.45. The lowest BCUT2D eigenvalue weighted by atomic mass is 10.2. The van der Waals surface area contributed by atoms with Crippen LogP contribution >= 0.6 is 0 Å². The minimum absolute atomic E-state index is 0.654. The highest BCUT2D eigenvalue weighted by Gasteiger charge is 2.10. The van der Waals surface area contributed by atoms with E-state index in [0.717, 1.165) is 26.3 Å². The third-order valence-corrected chi connectivity index (χ3v) is 2.23. The van der Waals surface area contributed by atoms with Crippen molar-refractivity contribution in [1.82, 2.24) is 5.06 Å². The summed E-state index contributed by atoms with van der Waals surface area (Å²) >= 11 is 0. The van der Waals surface area contributed by atoms with Gasteiger partial charge < -0.3 is 4.74 Å². The van der Waals surface area contributed by atoms with E-state index >= 15 is 0 Å². The average molecular weight is 193 g/mol. The van der Waals surface area contributed by atoms with Crippen molar-refractivity contribution in [3.63, 3.8) is 0 Å². The van der Waals surface area contributed by atoms with Gasteiger partial charge >= 0.3 is 0 Å². The average Bonchev–Trinajstić information content (AvgIpc) is 2.29. The summed E-state index contributed by atoms with van der Waals surface area (Å²) in [6, 6.07) is 10.2. The van der Waals surface area contributed by atoms with Crippen molar-refractivity contribution in [2.45, 2.75) is 6.61 Å². The van der Waals surface area contributed by atoms with Gasteiger partial charge in [-0.25, -0.2) is 0 Å². The third kappa shape index (κ3) is 2.80. The maximum absolute atomic E-state index is 5.62. The fraction of sp³-hybridized carbons (Fsp3) is 0.455. The Hall–Kier alpha value is -0.900. The lowest BCUT2D eigenvalue weighted by molar-refractivity contribution is -0.202. The van der Waals surface area contributed by atoms with Crippen LogP contribution in [0.4, 0.5) is 0 Å². The molecular formula is C11H15NO2. The highest BCUT2D eigenvalue weighted by Crippen LogP contribution is 2.04. The van der Waals surface area contributed by atoms with E-state index in [1.807, 2.05) is 23.3 Å². The van der Waals surface area contributed by atoms with E-state index in [0.29, 0.717) is 6.61 Å². The maximum atomic E-state index is 5.62. The fourth-order valence-electron chi connectivity index (χ4n) is 1.42. The zero-order valence-corrected chi connectivity index (χ0v) is 8.19. The molecule has 0 amide bonds. The number of hydrogen-bond donors (Lipinski definition) is 0. The summed E-state index contributed by atoms with van der Waals surface area (Å²) in [6.45, 7) is 3.93. The Labute approximate surface area is 84.2 Å². The highest BCUT2D eigenvalue weighted by molar-refractivity contribution is 5.13. The van der Waals surface area contributed by atoms with Gasteiger partial charge in [-0.15, -0.1) is 0 Å². The van der Waals surface area contributed by atoms with Crippen molar-refractivity contribution in [3.8, 4) is 0 Å². The zero-order chi connectivity index (χ0) is 9.64. The summed E-state index contributed by atoms with van der Waals surface area (Å²) in [5.41, 5.74) is 1.21. The molecule has 3 nitrogen and oxygen atoms in total. The molecule has 1 aliphatic heterocycles. The molecule has 14 heavy (non-hydrogen) atoms. The summed E-state index contributed by atoms with van der Waals surface area (Å²) in [5, 5.41) is 1.97. The monoisotopic (exact) mass is 193 g/mol. The molecule has 0 saturated carbocycles. The highest BCUT2D eigenvalue weighted by atomic mass is 16.7. The lowest BCUT2D eigenvalue weighted by Crippen LogP contribution is -2.36. The number of rotatable bonds is 3. The summed E-state index contributed by atoms with van der Waals surface area (Å²) in [6.07, 6.45) is 0. The van der Waals surface area contributed by atoms with Crippen molar-refractivity contribution in [1.29, 1.82) is 0 Å². The normalized spacial score (nSPS) is 18.3. The minimum Gasteiger partial charge on any atom is -0.379 e. The van der Waals surface area contributed by atoms with Crippen LogP contribution in [0.2, 0.25) is 0 Å². The Balaban J connectivity index is 1.76. The first-order chi connectivity index (χ1) is 6.95. The van der Waals surface area contributed by atoms with Crippen LogP contribution < -0.4 is 0 Å². The number of morpholine rings is 1. The first-order valence-electron chi connectivity index (χ1n) is 4.95. The molecular weight excluding hydrogens is 178 g/mol. The van der Waals surface area contributed by atoms with Gasteiger partial charge in [0.1, 0.15) is 0 Å². The molecule has 0 N–H and O–H groups in total. The van der Waals surface area contributed by atoms with Gasteiger partial charge in [0, 0.05) is 13.1 Å². The van der Waals surface area contributed by atoms with Crippen molar-refractivity contribution >= 4 is 0 Å². The van der Waals surface area contributed by atoms with Crippen LogP contribution in [-0.2, 0) is 16.2 Å². The number of benzene rings is 1. The molecule has 1 heterocycles. The van der Waals surface area contributed by atoms with Gasteiger partial charge in [-0.05, 0) is 5.56 Å². The van der Waals surface area contributed by atoms with Crippen LogP contribution in [0.3, 0.4) is 0 Å². The molecule has 2 rings (SSSR count). The van der Waals surface area contributed by atoms with E-state index in [-0.39, 0.29) is 0 Å². The molecule has 0 aliphatic carbocycles. The molecule has 76 valence electrons. The molecule has 0 bridgehead atoms. The smallest absolute Gasteiger partial charge is 0.0935 e. The molecule has 0 radical (unpaired) electrons. The van der Waals surface area contributed by atoms with Crippen LogP contribution in [0.1, 0.15) is 5.56 Å². The third-order valence-electron chi connectivity index (χ3n) is 2.23. The summed E-state index contributed by atoms with van der Waals surface area (Å²) < 4.78 is 5.23. The molecule has 1 aromatic carbocycles. The number of hydrogen-bond acceptors (Lipinski definition) is 3. The van der Waals surface area contributed by atoms with Gasteiger partial charge in [0.15, 0.2) is 0 Å². The van der Waals surface area contributed by atoms with E-state index in [4.69, 9.17) is 9.57 Å². The molecule has 1 fully saturated rings. The summed E-state index contributed by atoms with van der Waals surface area (Å²) in [4.78, 5) is 5.62. The van der Waals surface area contributed by atoms with Crippen LogP contribution in [0, 0.1) is 0 Å². The number of ether oxygens (including phenoxy) is 1. The predicted molar refractivity (Wildman–Crippen MR) is 53.6 cm³/mol. The minimum atomic E-state index is 0.654. The summed E-state index contributed by atoms with van der Waals surface area (Å²) in [7, 11) is 0. The Morgan fingerprint density at radius 1 is 1.14 bits per heavy atom. The van der Waals surface area contributed by atoms with Gasteiger partial charge in [0.05, 0.1) is 19.8 Å². The second kappa shape index (κ2) is 5.10. The maximum Gasteiger partial charge on any atom is 0.0935 e. The summed E-state index contributed by atoms with van der Waals surface area (Å²) in [5.74, 6) is 0. The Morgan fingerprint density at radius 3 is 2.57 bits per heavy atom. The quantitative estimate of drug-likeness (QED) is 0.725. The van der Waals surface area contributed by atoms with E-state index < -0.39 is 0 Å². The largest absolute Gasteiger partial charge is 0.379 e. The van der Waals surface area contributed by atoms with E-state index in [9.17, 15) is 0 Å². The lowest BCUT2D eigenvalue weighted by Gasteiger charge is -2.25. The van der Waals surface area contributed by atoms with E-state index in [1.54, 1.807) is 0 Å². The first kappa shape index (κ1) is 9.65. The van der Waals surface area contributed by atoms with Gasteiger partial charge in [-0.3, -0.25) is 4.84 Å². The molecule has 3 heteroatoms. The Kier molecular flexibility index (Phi) is 3.51. The molecule has 1 aromatic rings. The Bertz CT molecular complexity index is 257. The number of hydroxylamine groups is 2. The number of nitrogens with zero attached hydrogens (tertiary/aromatic N) is 1. The molecule has 0 unspecified atom stereocenters. The van der Waals surface area contributed by atoms with Crippen LogP contribution in [0.15, 0.2) is 30.3 Å². The second-order valence-electron chi connectivity index (χ2n) is 3.30. The van der Waals surface area contributed by atoms with E-state index in [2.05, 4.69) is 12.1 Å². The molecule has 0 aromatic heterocycles. The van der Waals surface area contributed by atoms with Crippen molar-refractivity contribution in [2.75, 3.05) is 26.3 Å². The molecule has 0 spiro atoms. The van der Waals surface area contributed by atoms with Crippen LogP contribution in [0.25, 0.3) is 0 Å². The molecule has 1 aliphatic rings. The zero-order valence-electron chi connectivity index (χ0n) is 8.19. The first-order valence-corrected chi connectivity index (χ1v) is 4.95. The fourth-order valence-corrected chi connectivity index (χ4v) is 1.42. The van der Waals surface area contributed by atoms with Crippen molar-refractivity contribution in [2.24, 2.45) is 0 Å². The van der Waals surface area contributed by atoms with Gasteiger partial charge in [0.2, 0.25) is 0 Å². The van der Waals surface area contributed by atoms with Crippen LogP contribution in [0.5, 0.6) is 0 Å².